The van der Waals surface area contributed by atoms with Gasteiger partial charge in [-0.15, -0.1) is 0 Å². The summed E-state index contributed by atoms with van der Waals surface area (Å²) in [4.78, 5) is 15.4. The van der Waals surface area contributed by atoms with Gasteiger partial charge in [0.1, 0.15) is 0 Å². The zero-order chi connectivity index (χ0) is 13.1. The van der Waals surface area contributed by atoms with Crippen LogP contribution in [-0.4, -0.2) is 44.3 Å². The molecule has 0 atom stereocenters. The second-order valence-electron chi connectivity index (χ2n) is 4.56. The number of anilines is 2. The van der Waals surface area contributed by atoms with Crippen LogP contribution in [0.25, 0.3) is 0 Å². The SMILES string of the molecule is CN1CCCN(CCN)c2ccc(C(=O)O)cc21. The van der Waals surface area contributed by atoms with E-state index in [9.17, 15) is 4.79 Å². The van der Waals surface area contributed by atoms with Gasteiger partial charge in [-0.05, 0) is 24.6 Å². The predicted molar refractivity (Wildman–Crippen MR) is 72.6 cm³/mol. The van der Waals surface area contributed by atoms with Crippen LogP contribution in [0.4, 0.5) is 11.4 Å². The summed E-state index contributed by atoms with van der Waals surface area (Å²) >= 11 is 0. The lowest BCUT2D eigenvalue weighted by Gasteiger charge is -2.25. The van der Waals surface area contributed by atoms with E-state index in [4.69, 9.17) is 10.8 Å². The molecule has 0 radical (unpaired) electrons. The Labute approximate surface area is 107 Å². The van der Waals surface area contributed by atoms with Crippen molar-refractivity contribution in [3.05, 3.63) is 23.8 Å². The summed E-state index contributed by atoms with van der Waals surface area (Å²) in [7, 11) is 2.00. The fourth-order valence-electron chi connectivity index (χ4n) is 2.36. The number of carboxylic acids is 1. The van der Waals surface area contributed by atoms with Crippen molar-refractivity contribution in [2.75, 3.05) is 43.0 Å². The average Bonchev–Trinajstić information content (AvgIpc) is 2.50. The molecule has 2 rings (SSSR count). The first-order chi connectivity index (χ1) is 8.63. The predicted octanol–water partition coefficient (Wildman–Crippen LogP) is 0.990. The van der Waals surface area contributed by atoms with Crippen LogP contribution < -0.4 is 15.5 Å². The lowest BCUT2D eigenvalue weighted by molar-refractivity contribution is 0.0697. The summed E-state index contributed by atoms with van der Waals surface area (Å²) in [6, 6.07) is 5.28. The Morgan fingerprint density at radius 3 is 2.83 bits per heavy atom. The lowest BCUT2D eigenvalue weighted by Crippen LogP contribution is -2.29. The largest absolute Gasteiger partial charge is 0.478 e. The molecular formula is C13H19N3O2. The van der Waals surface area contributed by atoms with Crippen molar-refractivity contribution < 1.29 is 9.90 Å². The van der Waals surface area contributed by atoms with Gasteiger partial charge in [-0.1, -0.05) is 0 Å². The smallest absolute Gasteiger partial charge is 0.335 e. The molecule has 5 nitrogen and oxygen atoms in total. The highest BCUT2D eigenvalue weighted by Gasteiger charge is 2.19. The fraction of sp³-hybridized carbons (Fsp3) is 0.462. The maximum atomic E-state index is 11.0. The summed E-state index contributed by atoms with van der Waals surface area (Å²) in [5.74, 6) is -0.888. The molecule has 0 saturated carbocycles. The molecule has 0 bridgehead atoms. The first kappa shape index (κ1) is 12.7. The van der Waals surface area contributed by atoms with Crippen molar-refractivity contribution in [1.29, 1.82) is 0 Å². The zero-order valence-corrected chi connectivity index (χ0v) is 10.6. The monoisotopic (exact) mass is 249 g/mol. The second-order valence-corrected chi connectivity index (χ2v) is 4.56. The fourth-order valence-corrected chi connectivity index (χ4v) is 2.36. The number of rotatable bonds is 3. The van der Waals surface area contributed by atoms with Crippen LogP contribution in [0, 0.1) is 0 Å². The van der Waals surface area contributed by atoms with Crippen molar-refractivity contribution >= 4 is 17.3 Å². The first-order valence-corrected chi connectivity index (χ1v) is 6.17. The van der Waals surface area contributed by atoms with E-state index >= 15 is 0 Å². The van der Waals surface area contributed by atoms with Gasteiger partial charge in [0.2, 0.25) is 0 Å². The van der Waals surface area contributed by atoms with E-state index in [1.165, 1.54) is 0 Å². The van der Waals surface area contributed by atoms with Gasteiger partial charge < -0.3 is 20.6 Å². The van der Waals surface area contributed by atoms with Gasteiger partial charge in [-0.3, -0.25) is 0 Å². The van der Waals surface area contributed by atoms with Crippen LogP contribution >= 0.6 is 0 Å². The number of aromatic carboxylic acids is 1. The molecule has 3 N–H and O–H groups in total. The van der Waals surface area contributed by atoms with Crippen LogP contribution in [0.2, 0.25) is 0 Å². The van der Waals surface area contributed by atoms with Gasteiger partial charge in [-0.2, -0.15) is 0 Å². The highest BCUT2D eigenvalue weighted by atomic mass is 16.4. The number of carbonyl (C=O) groups is 1. The molecule has 1 aliphatic heterocycles. The van der Waals surface area contributed by atoms with E-state index in [2.05, 4.69) is 9.80 Å². The number of carboxylic acid groups (broad SMARTS) is 1. The summed E-state index contributed by atoms with van der Waals surface area (Å²) in [5.41, 5.74) is 8.01. The molecule has 1 aromatic rings. The van der Waals surface area contributed by atoms with Gasteiger partial charge in [0.15, 0.2) is 0 Å². The maximum Gasteiger partial charge on any atom is 0.335 e. The van der Waals surface area contributed by atoms with Crippen molar-refractivity contribution in [2.45, 2.75) is 6.42 Å². The molecule has 18 heavy (non-hydrogen) atoms. The van der Waals surface area contributed by atoms with Crippen LogP contribution in [0.5, 0.6) is 0 Å². The molecule has 1 heterocycles. The Morgan fingerprint density at radius 1 is 1.39 bits per heavy atom. The van der Waals surface area contributed by atoms with Crippen LogP contribution in [0.3, 0.4) is 0 Å². The molecule has 0 saturated heterocycles. The summed E-state index contributed by atoms with van der Waals surface area (Å²) in [6.07, 6.45) is 1.05. The quantitative estimate of drug-likeness (QED) is 0.836. The molecule has 1 aliphatic rings. The van der Waals surface area contributed by atoms with Crippen LogP contribution in [-0.2, 0) is 0 Å². The number of nitrogens with two attached hydrogens (primary N) is 1. The van der Waals surface area contributed by atoms with Gasteiger partial charge in [0.05, 0.1) is 16.9 Å². The molecule has 0 aliphatic carbocycles. The normalized spacial score (nSPS) is 15.2. The molecular weight excluding hydrogens is 230 g/mol. The van der Waals surface area contributed by atoms with E-state index in [1.54, 1.807) is 12.1 Å². The Kier molecular flexibility index (Phi) is 3.72. The molecule has 0 spiro atoms. The van der Waals surface area contributed by atoms with Crippen molar-refractivity contribution in [3.8, 4) is 0 Å². The highest BCUT2D eigenvalue weighted by molar-refractivity contribution is 5.91. The third-order valence-electron chi connectivity index (χ3n) is 3.29. The molecule has 5 heteroatoms. The number of hydrogen-bond donors (Lipinski definition) is 2. The Morgan fingerprint density at radius 2 is 2.17 bits per heavy atom. The highest BCUT2D eigenvalue weighted by Crippen LogP contribution is 2.32. The minimum Gasteiger partial charge on any atom is -0.478 e. The third-order valence-corrected chi connectivity index (χ3v) is 3.29. The summed E-state index contributed by atoms with van der Waals surface area (Å²) in [6.45, 7) is 3.29. The minimum atomic E-state index is -0.888. The molecule has 0 unspecified atom stereocenters. The zero-order valence-electron chi connectivity index (χ0n) is 10.6. The molecule has 0 aromatic heterocycles. The summed E-state index contributed by atoms with van der Waals surface area (Å²) < 4.78 is 0. The average molecular weight is 249 g/mol. The molecule has 0 amide bonds. The lowest BCUT2D eigenvalue weighted by atomic mass is 10.1. The molecule has 1 aromatic carbocycles. The van der Waals surface area contributed by atoms with Crippen LogP contribution in [0.1, 0.15) is 16.8 Å². The van der Waals surface area contributed by atoms with E-state index in [1.807, 2.05) is 13.1 Å². The standard InChI is InChI=1S/C13H19N3O2/c1-15-6-2-7-16(8-5-14)11-4-3-10(13(17)18)9-12(11)15/h3-4,9H,2,5-8,14H2,1H3,(H,17,18). The van der Waals surface area contributed by atoms with E-state index in [0.717, 1.165) is 37.4 Å². The Balaban J connectivity index is 2.43. The molecule has 98 valence electrons. The van der Waals surface area contributed by atoms with Gasteiger partial charge in [0, 0.05) is 33.2 Å². The van der Waals surface area contributed by atoms with E-state index in [0.29, 0.717) is 12.1 Å². The van der Waals surface area contributed by atoms with Gasteiger partial charge >= 0.3 is 5.97 Å². The minimum absolute atomic E-state index is 0.329. The van der Waals surface area contributed by atoms with Crippen LogP contribution in [0.15, 0.2) is 18.2 Å². The number of benzene rings is 1. The number of hydrogen-bond acceptors (Lipinski definition) is 4. The molecule has 0 fully saturated rings. The Hall–Kier alpha value is -1.75. The third kappa shape index (κ3) is 2.41. The van der Waals surface area contributed by atoms with Gasteiger partial charge in [0.25, 0.3) is 0 Å². The van der Waals surface area contributed by atoms with Crippen molar-refractivity contribution in [2.24, 2.45) is 5.73 Å². The maximum absolute atomic E-state index is 11.0. The topological polar surface area (TPSA) is 69.8 Å². The van der Waals surface area contributed by atoms with E-state index in [-0.39, 0.29) is 0 Å². The second kappa shape index (κ2) is 5.27. The van der Waals surface area contributed by atoms with Crippen molar-refractivity contribution in [3.63, 3.8) is 0 Å². The summed E-state index contributed by atoms with van der Waals surface area (Å²) in [5, 5.41) is 9.06. The van der Waals surface area contributed by atoms with E-state index < -0.39 is 5.97 Å². The van der Waals surface area contributed by atoms with Crippen molar-refractivity contribution in [1.82, 2.24) is 0 Å². The number of nitrogens with zero attached hydrogens (tertiary/aromatic N) is 2. The Bertz CT molecular complexity index is 448. The van der Waals surface area contributed by atoms with Gasteiger partial charge in [-0.25, -0.2) is 4.79 Å². The number of fused-ring (bicyclic) bond motifs is 1. The first-order valence-electron chi connectivity index (χ1n) is 6.17.